The first-order valence-corrected chi connectivity index (χ1v) is 9.63. The van der Waals surface area contributed by atoms with Crippen molar-refractivity contribution in [3.05, 3.63) is 46.8 Å². The molecule has 0 aliphatic carbocycles. The molecule has 0 saturated carbocycles. The normalized spacial score (nSPS) is 11.5. The van der Waals surface area contributed by atoms with E-state index in [4.69, 9.17) is 23.4 Å². The number of aromatic nitrogens is 2. The number of sulfonamides is 1. The molecule has 114 valence electrons. The minimum Gasteiger partial charge on any atom is -0.200 e. The van der Waals surface area contributed by atoms with Crippen molar-refractivity contribution < 1.29 is 8.42 Å². The molecule has 0 fully saturated rings. The summed E-state index contributed by atoms with van der Waals surface area (Å²) in [5, 5.41) is 8.43. The maximum atomic E-state index is 12.4. The molecule has 1 aromatic carbocycles. The van der Waals surface area contributed by atoms with Crippen molar-refractivity contribution in [2.24, 2.45) is 0 Å². The summed E-state index contributed by atoms with van der Waals surface area (Å²) in [4.78, 5) is 0.886. The lowest BCUT2D eigenvalue weighted by Crippen LogP contribution is -2.21. The van der Waals surface area contributed by atoms with Crippen LogP contribution < -0.4 is 3.82 Å². The topological polar surface area (TPSA) is 63.2 Å². The predicted octanol–water partition coefficient (Wildman–Crippen LogP) is 4.27. The van der Waals surface area contributed by atoms with Crippen LogP contribution in [0.5, 0.6) is 0 Å². The first kappa shape index (κ1) is 15.7. The van der Waals surface area contributed by atoms with E-state index >= 15 is 0 Å². The van der Waals surface area contributed by atoms with Gasteiger partial charge in [0.15, 0.2) is 5.01 Å². The molecule has 0 saturated heterocycles. The third kappa shape index (κ3) is 2.97. The minimum absolute atomic E-state index is 0.0741. The van der Waals surface area contributed by atoms with Crippen LogP contribution >= 0.6 is 46.1 Å². The fraction of sp³-hybridized carbons (Fsp3) is 0. The SMILES string of the molecule is O=S(=O)(c1ccccc1)N(Cl)c1nnc(-c2ccc(Cl)s2)s1. The summed E-state index contributed by atoms with van der Waals surface area (Å²) >= 11 is 14.2. The van der Waals surface area contributed by atoms with Gasteiger partial charge in [0, 0.05) is 11.8 Å². The Kier molecular flexibility index (Phi) is 4.37. The van der Waals surface area contributed by atoms with Crippen molar-refractivity contribution in [3.8, 4) is 9.88 Å². The lowest BCUT2D eigenvalue weighted by atomic mass is 10.4. The van der Waals surface area contributed by atoms with Crippen LogP contribution in [0.1, 0.15) is 0 Å². The van der Waals surface area contributed by atoms with Gasteiger partial charge in [-0.05, 0) is 24.3 Å². The van der Waals surface area contributed by atoms with Gasteiger partial charge in [0.05, 0.1) is 14.1 Å². The molecule has 3 aromatic rings. The van der Waals surface area contributed by atoms with Crippen LogP contribution in [0.2, 0.25) is 4.34 Å². The van der Waals surface area contributed by atoms with Gasteiger partial charge in [-0.1, -0.05) is 41.1 Å². The largest absolute Gasteiger partial charge is 0.280 e. The van der Waals surface area contributed by atoms with Gasteiger partial charge in [-0.15, -0.1) is 25.4 Å². The van der Waals surface area contributed by atoms with E-state index in [9.17, 15) is 8.42 Å². The fourth-order valence-corrected chi connectivity index (χ4v) is 5.06. The van der Waals surface area contributed by atoms with Gasteiger partial charge in [-0.3, -0.25) is 0 Å². The van der Waals surface area contributed by atoms with Crippen LogP contribution in [0.25, 0.3) is 9.88 Å². The number of hydrogen-bond acceptors (Lipinski definition) is 6. The quantitative estimate of drug-likeness (QED) is 0.622. The monoisotopic (exact) mass is 391 g/mol. The van der Waals surface area contributed by atoms with Crippen LogP contribution in [0.3, 0.4) is 0 Å². The summed E-state index contributed by atoms with van der Waals surface area (Å²) in [5.74, 6) is 0. The first-order chi connectivity index (χ1) is 10.5. The Bertz CT molecular complexity index is 893. The second-order valence-corrected chi connectivity index (χ2v) is 9.02. The second kappa shape index (κ2) is 6.13. The Hall–Kier alpha value is -1.19. The molecular formula is C12H7Cl2N3O2S3. The van der Waals surface area contributed by atoms with Crippen molar-refractivity contribution in [1.82, 2.24) is 10.2 Å². The number of hydrogen-bond donors (Lipinski definition) is 0. The summed E-state index contributed by atoms with van der Waals surface area (Å²) in [7, 11) is -3.87. The molecule has 3 rings (SSSR count). The number of rotatable bonds is 4. The van der Waals surface area contributed by atoms with E-state index in [1.54, 1.807) is 30.3 Å². The van der Waals surface area contributed by atoms with E-state index in [0.717, 1.165) is 16.2 Å². The van der Waals surface area contributed by atoms with E-state index in [1.807, 2.05) is 0 Å². The van der Waals surface area contributed by atoms with Crippen molar-refractivity contribution in [3.63, 3.8) is 0 Å². The zero-order valence-corrected chi connectivity index (χ0v) is 14.6. The molecule has 22 heavy (non-hydrogen) atoms. The van der Waals surface area contributed by atoms with Crippen molar-refractivity contribution in [1.29, 1.82) is 0 Å². The van der Waals surface area contributed by atoms with Gasteiger partial charge in [-0.2, -0.15) is 8.42 Å². The molecule has 2 aromatic heterocycles. The molecule has 0 amide bonds. The third-order valence-electron chi connectivity index (χ3n) is 2.60. The summed E-state index contributed by atoms with van der Waals surface area (Å²) in [6.45, 7) is 0. The molecule has 10 heteroatoms. The summed E-state index contributed by atoms with van der Waals surface area (Å²) < 4.78 is 26.0. The van der Waals surface area contributed by atoms with Crippen LogP contribution in [0.15, 0.2) is 47.4 Å². The lowest BCUT2D eigenvalue weighted by molar-refractivity contribution is 0.598. The second-order valence-electron chi connectivity index (χ2n) is 4.03. The molecule has 0 N–H and O–H groups in total. The van der Waals surface area contributed by atoms with E-state index in [-0.39, 0.29) is 10.0 Å². The van der Waals surface area contributed by atoms with Crippen molar-refractivity contribution >= 4 is 61.2 Å². The predicted molar refractivity (Wildman–Crippen MR) is 90.2 cm³/mol. The van der Waals surface area contributed by atoms with Gasteiger partial charge in [-0.25, -0.2) is 0 Å². The summed E-state index contributed by atoms with van der Waals surface area (Å²) in [5.41, 5.74) is 0. The Morgan fingerprint density at radius 1 is 1.00 bits per heavy atom. The van der Waals surface area contributed by atoms with Gasteiger partial charge < -0.3 is 0 Å². The molecule has 0 unspecified atom stereocenters. The van der Waals surface area contributed by atoms with Gasteiger partial charge in [0.25, 0.3) is 10.0 Å². The highest BCUT2D eigenvalue weighted by Gasteiger charge is 2.27. The zero-order chi connectivity index (χ0) is 15.7. The standard InChI is InChI=1S/C12H7Cl2N3O2S3/c13-10-7-6-9(20-10)11-15-16-12(21-11)17(14)22(18,19)8-4-2-1-3-5-8/h1-7H. The molecule has 0 spiro atoms. The van der Waals surface area contributed by atoms with Crippen LogP contribution in [0.4, 0.5) is 5.13 Å². The summed E-state index contributed by atoms with van der Waals surface area (Å²) in [6.07, 6.45) is 0. The molecule has 0 atom stereocenters. The van der Waals surface area contributed by atoms with E-state index in [1.165, 1.54) is 23.5 Å². The molecule has 0 aliphatic rings. The molecular weight excluding hydrogens is 385 g/mol. The van der Waals surface area contributed by atoms with Crippen LogP contribution in [0, 0.1) is 0 Å². The average molecular weight is 392 g/mol. The van der Waals surface area contributed by atoms with Crippen molar-refractivity contribution in [2.45, 2.75) is 4.90 Å². The van der Waals surface area contributed by atoms with Gasteiger partial charge in [0.2, 0.25) is 5.13 Å². The van der Waals surface area contributed by atoms with Crippen LogP contribution in [-0.2, 0) is 10.0 Å². The zero-order valence-electron chi connectivity index (χ0n) is 10.7. The van der Waals surface area contributed by atoms with Gasteiger partial charge >= 0.3 is 0 Å². The number of halogens is 2. The fourth-order valence-electron chi connectivity index (χ4n) is 1.60. The Labute approximate surface area is 144 Å². The summed E-state index contributed by atoms with van der Waals surface area (Å²) in [6, 6.07) is 11.4. The Morgan fingerprint density at radius 2 is 1.73 bits per heavy atom. The Balaban J connectivity index is 1.93. The first-order valence-electron chi connectivity index (χ1n) is 5.84. The average Bonchev–Trinajstić information content (AvgIpc) is 3.16. The van der Waals surface area contributed by atoms with E-state index in [2.05, 4.69) is 10.2 Å². The molecule has 2 heterocycles. The lowest BCUT2D eigenvalue weighted by Gasteiger charge is -2.11. The highest BCUT2D eigenvalue weighted by atomic mass is 35.5. The highest BCUT2D eigenvalue weighted by Crippen LogP contribution is 2.37. The smallest absolute Gasteiger partial charge is 0.200 e. The van der Waals surface area contributed by atoms with Gasteiger partial charge in [0.1, 0.15) is 0 Å². The molecule has 5 nitrogen and oxygen atoms in total. The minimum atomic E-state index is -3.87. The molecule has 0 radical (unpaired) electrons. The number of anilines is 1. The maximum Gasteiger partial charge on any atom is 0.280 e. The maximum absolute atomic E-state index is 12.4. The molecule has 0 aliphatic heterocycles. The van der Waals surface area contributed by atoms with Crippen LogP contribution in [-0.4, -0.2) is 18.6 Å². The van der Waals surface area contributed by atoms with Crippen molar-refractivity contribution in [2.75, 3.05) is 3.82 Å². The number of nitrogens with zero attached hydrogens (tertiary/aromatic N) is 3. The number of benzene rings is 1. The number of thiophene rings is 1. The Morgan fingerprint density at radius 3 is 2.36 bits per heavy atom. The van der Waals surface area contributed by atoms with E-state index in [0.29, 0.717) is 13.2 Å². The van der Waals surface area contributed by atoms with E-state index < -0.39 is 10.0 Å². The third-order valence-corrected chi connectivity index (χ3v) is 7.29. The highest BCUT2D eigenvalue weighted by molar-refractivity contribution is 7.94. The molecule has 0 bridgehead atoms.